The van der Waals surface area contributed by atoms with Crippen molar-refractivity contribution in [3.8, 4) is 5.69 Å². The fourth-order valence-electron chi connectivity index (χ4n) is 3.37. The molecule has 1 fully saturated rings. The Balaban J connectivity index is 1.52. The molecule has 1 aliphatic carbocycles. The van der Waals surface area contributed by atoms with Gasteiger partial charge < -0.3 is 5.32 Å². The number of thioether (sulfide) groups is 1. The van der Waals surface area contributed by atoms with Gasteiger partial charge in [-0.25, -0.2) is 9.67 Å². The fraction of sp³-hybridized carbons (Fsp3) is 0.368. The first kappa shape index (κ1) is 17.8. The van der Waals surface area contributed by atoms with Gasteiger partial charge in [-0.3, -0.25) is 9.89 Å². The van der Waals surface area contributed by atoms with E-state index in [1.54, 1.807) is 0 Å². The maximum Gasteiger partial charge on any atom is 0.236 e. The Hall–Kier alpha value is -2.61. The molecule has 140 valence electrons. The smallest absolute Gasteiger partial charge is 0.236 e. The summed E-state index contributed by atoms with van der Waals surface area (Å²) >= 11 is 1.31. The first-order valence-electron chi connectivity index (χ1n) is 9.16. The van der Waals surface area contributed by atoms with Crippen molar-refractivity contribution in [1.29, 1.82) is 0 Å². The maximum absolute atomic E-state index is 12.5. The molecule has 0 saturated heterocycles. The van der Waals surface area contributed by atoms with E-state index >= 15 is 0 Å². The van der Waals surface area contributed by atoms with Crippen LogP contribution in [-0.4, -0.2) is 36.6 Å². The molecule has 7 nitrogen and oxygen atoms in total. The lowest BCUT2D eigenvalue weighted by atomic mass is 10.0. The van der Waals surface area contributed by atoms with Crippen LogP contribution in [0.2, 0.25) is 0 Å². The van der Waals surface area contributed by atoms with Crippen LogP contribution in [0.5, 0.6) is 0 Å². The van der Waals surface area contributed by atoms with Gasteiger partial charge in [0.1, 0.15) is 11.6 Å². The van der Waals surface area contributed by atoms with Crippen LogP contribution < -0.4 is 5.32 Å². The predicted octanol–water partition coefficient (Wildman–Crippen LogP) is 3.69. The quantitative estimate of drug-likeness (QED) is 0.635. The molecule has 2 aromatic heterocycles. The largest absolute Gasteiger partial charge is 0.310 e. The molecule has 1 saturated carbocycles. The number of aromatic amines is 1. The van der Waals surface area contributed by atoms with Gasteiger partial charge in [0.25, 0.3) is 0 Å². The number of hydrogen-bond acceptors (Lipinski definition) is 5. The van der Waals surface area contributed by atoms with Crippen LogP contribution in [0.3, 0.4) is 0 Å². The molecular formula is C19H22N6OS. The molecule has 2 N–H and O–H groups in total. The highest BCUT2D eigenvalue weighted by Gasteiger charge is 2.22. The van der Waals surface area contributed by atoms with Crippen molar-refractivity contribution >= 4 is 23.5 Å². The molecule has 0 atom stereocenters. The summed E-state index contributed by atoms with van der Waals surface area (Å²) in [6.45, 7) is 1.83. The number of nitrogens with one attached hydrogen (secondary N) is 2. The van der Waals surface area contributed by atoms with Crippen molar-refractivity contribution in [1.82, 2.24) is 25.0 Å². The number of aryl methyl sites for hydroxylation is 1. The lowest BCUT2D eigenvalue weighted by Gasteiger charge is -2.08. The number of carbonyl (C=O) groups excluding carboxylic acids is 1. The normalized spacial score (nSPS) is 14.6. The number of aromatic nitrogens is 5. The lowest BCUT2D eigenvalue weighted by Crippen LogP contribution is -2.17. The van der Waals surface area contributed by atoms with E-state index in [1.165, 1.54) is 37.4 Å². The van der Waals surface area contributed by atoms with E-state index in [0.717, 1.165) is 17.2 Å². The molecule has 4 rings (SSSR count). The summed E-state index contributed by atoms with van der Waals surface area (Å²) in [6, 6.07) is 11.9. The number of benzene rings is 1. The number of amides is 1. The summed E-state index contributed by atoms with van der Waals surface area (Å²) in [6.07, 6.45) is 4.83. The Morgan fingerprint density at radius 1 is 1.30 bits per heavy atom. The Bertz CT molecular complexity index is 913. The molecule has 8 heteroatoms. The van der Waals surface area contributed by atoms with Gasteiger partial charge in [0.2, 0.25) is 11.1 Å². The predicted molar refractivity (Wildman–Crippen MR) is 105 cm³/mol. The molecule has 3 aromatic rings. The van der Waals surface area contributed by atoms with Crippen LogP contribution in [0, 0.1) is 6.92 Å². The van der Waals surface area contributed by atoms with E-state index < -0.39 is 0 Å². The molecule has 1 aliphatic rings. The first-order chi connectivity index (χ1) is 13.2. The van der Waals surface area contributed by atoms with Crippen molar-refractivity contribution < 1.29 is 4.79 Å². The second kappa shape index (κ2) is 7.96. The summed E-state index contributed by atoms with van der Waals surface area (Å²) in [5.74, 6) is 2.07. The van der Waals surface area contributed by atoms with Gasteiger partial charge in [-0.1, -0.05) is 42.8 Å². The van der Waals surface area contributed by atoms with Crippen molar-refractivity contribution in [3.63, 3.8) is 0 Å². The molecular weight excluding hydrogens is 360 g/mol. The van der Waals surface area contributed by atoms with Gasteiger partial charge >= 0.3 is 0 Å². The third kappa shape index (κ3) is 4.21. The molecule has 1 aromatic carbocycles. The van der Waals surface area contributed by atoms with Crippen LogP contribution in [0.25, 0.3) is 5.69 Å². The maximum atomic E-state index is 12.5. The summed E-state index contributed by atoms with van der Waals surface area (Å²) in [5.41, 5.74) is 2.00. The Labute approximate surface area is 162 Å². The summed E-state index contributed by atoms with van der Waals surface area (Å²) in [7, 11) is 0. The topological polar surface area (TPSA) is 88.5 Å². The average Bonchev–Trinajstić information content (AvgIpc) is 3.41. The second-order valence-corrected chi connectivity index (χ2v) is 7.67. The Morgan fingerprint density at radius 3 is 2.78 bits per heavy atom. The molecule has 0 aliphatic heterocycles. The number of carbonyl (C=O) groups is 1. The summed E-state index contributed by atoms with van der Waals surface area (Å²) < 4.78 is 1.83. The zero-order chi connectivity index (χ0) is 18.6. The second-order valence-electron chi connectivity index (χ2n) is 6.72. The van der Waals surface area contributed by atoms with Crippen molar-refractivity contribution in [3.05, 3.63) is 47.9 Å². The number of H-pyrrole nitrogens is 1. The van der Waals surface area contributed by atoms with E-state index in [0.29, 0.717) is 16.9 Å². The van der Waals surface area contributed by atoms with Crippen LogP contribution in [0.4, 0.5) is 5.82 Å². The van der Waals surface area contributed by atoms with Crippen LogP contribution in [0.15, 0.2) is 41.6 Å². The van der Waals surface area contributed by atoms with Gasteiger partial charge in [0.15, 0.2) is 0 Å². The third-order valence-corrected chi connectivity index (χ3v) is 5.53. The van der Waals surface area contributed by atoms with Crippen LogP contribution >= 0.6 is 11.8 Å². The molecule has 2 heterocycles. The Kier molecular flexibility index (Phi) is 5.24. The molecule has 0 radical (unpaired) electrons. The van der Waals surface area contributed by atoms with E-state index in [9.17, 15) is 4.79 Å². The van der Waals surface area contributed by atoms with E-state index in [-0.39, 0.29) is 11.7 Å². The van der Waals surface area contributed by atoms with Gasteiger partial charge in [-0.15, -0.1) is 5.10 Å². The SMILES string of the molecule is Cc1nc(SCC(=O)Nc2cc(C3CCCC3)nn2-c2ccccc2)n[nH]1. The highest BCUT2D eigenvalue weighted by Crippen LogP contribution is 2.35. The zero-order valence-corrected chi connectivity index (χ0v) is 16.0. The molecule has 27 heavy (non-hydrogen) atoms. The minimum absolute atomic E-state index is 0.0995. The van der Waals surface area contributed by atoms with E-state index in [1.807, 2.05) is 48.0 Å². The number of nitrogens with zero attached hydrogens (tertiary/aromatic N) is 4. The monoisotopic (exact) mass is 382 g/mol. The number of rotatable bonds is 6. The van der Waals surface area contributed by atoms with Crippen molar-refractivity contribution in [2.24, 2.45) is 0 Å². The van der Waals surface area contributed by atoms with Gasteiger partial charge in [0, 0.05) is 12.0 Å². The van der Waals surface area contributed by atoms with Gasteiger partial charge in [-0.2, -0.15) is 5.10 Å². The van der Waals surface area contributed by atoms with Gasteiger partial charge in [-0.05, 0) is 31.9 Å². The zero-order valence-electron chi connectivity index (χ0n) is 15.2. The minimum Gasteiger partial charge on any atom is -0.310 e. The number of para-hydroxylation sites is 1. The summed E-state index contributed by atoms with van der Waals surface area (Å²) in [5, 5.41) is 15.2. The highest BCUT2D eigenvalue weighted by atomic mass is 32.2. The highest BCUT2D eigenvalue weighted by molar-refractivity contribution is 7.99. The molecule has 0 unspecified atom stereocenters. The first-order valence-corrected chi connectivity index (χ1v) is 10.1. The fourth-order valence-corrected chi connectivity index (χ4v) is 4.02. The minimum atomic E-state index is -0.0995. The third-order valence-electron chi connectivity index (χ3n) is 4.68. The average molecular weight is 382 g/mol. The molecule has 1 amide bonds. The standard InChI is InChI=1S/C19H22N6OS/c1-13-20-19(23-22-13)27-12-18(26)21-17-11-16(14-7-5-6-8-14)24-25(17)15-9-3-2-4-10-15/h2-4,9-11,14H,5-8,12H2,1H3,(H,21,26)(H,20,22,23). The molecule has 0 bridgehead atoms. The number of hydrogen-bond donors (Lipinski definition) is 2. The van der Waals surface area contributed by atoms with E-state index in [2.05, 4.69) is 20.5 Å². The number of anilines is 1. The van der Waals surface area contributed by atoms with Crippen LogP contribution in [-0.2, 0) is 4.79 Å². The van der Waals surface area contributed by atoms with E-state index in [4.69, 9.17) is 5.10 Å². The van der Waals surface area contributed by atoms with Gasteiger partial charge in [0.05, 0.1) is 17.1 Å². The van der Waals surface area contributed by atoms with Crippen molar-refractivity contribution in [2.75, 3.05) is 11.1 Å². The lowest BCUT2D eigenvalue weighted by molar-refractivity contribution is -0.113. The molecule has 0 spiro atoms. The van der Waals surface area contributed by atoms with Crippen LogP contribution in [0.1, 0.15) is 43.1 Å². The summed E-state index contributed by atoms with van der Waals surface area (Å²) in [4.78, 5) is 16.7. The Morgan fingerprint density at radius 2 is 2.07 bits per heavy atom. The van der Waals surface area contributed by atoms with Crippen molar-refractivity contribution in [2.45, 2.75) is 43.7 Å².